The molecule has 0 bridgehead atoms. The zero-order chi connectivity index (χ0) is 12.4. The van der Waals surface area contributed by atoms with Crippen LogP contribution in [0.2, 0.25) is 0 Å². The number of ether oxygens (including phenoxy) is 4. The zero-order valence-corrected chi connectivity index (χ0v) is 10.5. The summed E-state index contributed by atoms with van der Waals surface area (Å²) in [6.45, 7) is 1.20. The van der Waals surface area contributed by atoms with Gasteiger partial charge in [0.25, 0.3) is 0 Å². The van der Waals surface area contributed by atoms with Crippen molar-refractivity contribution in [2.24, 2.45) is 0 Å². The average Bonchev–Trinajstić information content (AvgIpc) is 3.18. The number of epoxide rings is 1. The van der Waals surface area contributed by atoms with Crippen LogP contribution in [0, 0.1) is 0 Å². The molecule has 0 N–H and O–H groups in total. The predicted octanol–water partition coefficient (Wildman–Crippen LogP) is 1.73. The number of hydrogen-bond acceptors (Lipinski definition) is 4. The van der Waals surface area contributed by atoms with E-state index in [4.69, 9.17) is 18.9 Å². The highest BCUT2D eigenvalue weighted by Crippen LogP contribution is 2.37. The molecule has 3 rings (SSSR count). The van der Waals surface area contributed by atoms with Crippen LogP contribution in [-0.2, 0) is 25.6 Å². The maximum absolute atomic E-state index is 5.76. The summed E-state index contributed by atoms with van der Waals surface area (Å²) in [6.07, 6.45) is 1.19. The van der Waals surface area contributed by atoms with E-state index in [1.54, 1.807) is 7.11 Å². The Morgan fingerprint density at radius 3 is 2.83 bits per heavy atom. The van der Waals surface area contributed by atoms with E-state index in [1.807, 2.05) is 18.2 Å². The molecule has 0 aromatic heterocycles. The number of benzene rings is 1. The van der Waals surface area contributed by atoms with Crippen molar-refractivity contribution in [3.8, 4) is 0 Å². The molecule has 0 spiro atoms. The second-order valence-electron chi connectivity index (χ2n) is 4.74. The van der Waals surface area contributed by atoms with Gasteiger partial charge in [-0.15, -0.1) is 0 Å². The Morgan fingerprint density at radius 1 is 1.22 bits per heavy atom. The third-order valence-electron chi connectivity index (χ3n) is 3.36. The minimum absolute atomic E-state index is 0.0717. The second kappa shape index (κ2) is 5.36. The smallest absolute Gasteiger partial charge is 0.186 e. The van der Waals surface area contributed by atoms with E-state index >= 15 is 0 Å². The molecule has 2 saturated heterocycles. The van der Waals surface area contributed by atoms with Crippen molar-refractivity contribution in [1.29, 1.82) is 0 Å². The topological polar surface area (TPSA) is 40.2 Å². The highest BCUT2D eigenvalue weighted by atomic mass is 16.7. The van der Waals surface area contributed by atoms with Crippen LogP contribution in [0.25, 0.3) is 0 Å². The van der Waals surface area contributed by atoms with Crippen LogP contribution in [0.4, 0.5) is 0 Å². The number of fused-ring (bicyclic) bond motifs is 1. The molecular formula is C14H18O4. The first-order valence-electron chi connectivity index (χ1n) is 6.32. The Morgan fingerprint density at radius 2 is 2.06 bits per heavy atom. The van der Waals surface area contributed by atoms with E-state index in [2.05, 4.69) is 12.1 Å². The molecule has 0 unspecified atom stereocenters. The molecule has 4 atom stereocenters. The molecule has 4 heteroatoms. The normalized spacial score (nSPS) is 34.1. The van der Waals surface area contributed by atoms with Gasteiger partial charge in [-0.05, 0) is 5.56 Å². The number of hydrogen-bond donors (Lipinski definition) is 0. The Labute approximate surface area is 107 Å². The first kappa shape index (κ1) is 12.1. The summed E-state index contributed by atoms with van der Waals surface area (Å²) in [6, 6.07) is 10.1. The molecule has 4 nitrogen and oxygen atoms in total. The molecule has 0 saturated carbocycles. The van der Waals surface area contributed by atoms with Gasteiger partial charge in [0.1, 0.15) is 6.10 Å². The lowest BCUT2D eigenvalue weighted by Gasteiger charge is -2.26. The molecule has 0 radical (unpaired) electrons. The minimum atomic E-state index is -0.228. The minimum Gasteiger partial charge on any atom is -0.374 e. The maximum atomic E-state index is 5.76. The van der Waals surface area contributed by atoms with Crippen LogP contribution in [-0.4, -0.2) is 38.3 Å². The Bertz CT molecular complexity index is 381. The molecule has 0 aliphatic carbocycles. The van der Waals surface area contributed by atoms with E-state index in [9.17, 15) is 0 Å². The van der Waals surface area contributed by atoms with Crippen molar-refractivity contribution in [2.75, 3.05) is 13.7 Å². The standard InChI is InChI=1S/C14H18O4/c1-15-14-13-12(18-13)7-11(17-14)9-16-8-10-5-3-2-4-6-10/h2-6,11-14H,7-9H2,1H3/t11-,12+,13+,14+/m0/s1. The summed E-state index contributed by atoms with van der Waals surface area (Å²) < 4.78 is 22.1. The highest BCUT2D eigenvalue weighted by molar-refractivity contribution is 5.13. The molecule has 1 aromatic rings. The summed E-state index contributed by atoms with van der Waals surface area (Å²) in [4.78, 5) is 0. The maximum Gasteiger partial charge on any atom is 0.186 e. The summed E-state index contributed by atoms with van der Waals surface area (Å²) in [7, 11) is 1.65. The third kappa shape index (κ3) is 2.72. The molecular weight excluding hydrogens is 232 g/mol. The quantitative estimate of drug-likeness (QED) is 0.746. The van der Waals surface area contributed by atoms with Gasteiger partial charge in [-0.3, -0.25) is 0 Å². The fourth-order valence-corrected chi connectivity index (χ4v) is 2.35. The van der Waals surface area contributed by atoms with E-state index in [1.165, 1.54) is 5.56 Å². The fourth-order valence-electron chi connectivity index (χ4n) is 2.35. The first-order valence-corrected chi connectivity index (χ1v) is 6.32. The van der Waals surface area contributed by atoms with Crippen LogP contribution in [0.15, 0.2) is 30.3 Å². The van der Waals surface area contributed by atoms with Crippen LogP contribution in [0.5, 0.6) is 0 Å². The predicted molar refractivity (Wildman–Crippen MR) is 65.0 cm³/mol. The van der Waals surface area contributed by atoms with Gasteiger partial charge in [0.2, 0.25) is 0 Å². The number of rotatable bonds is 5. The second-order valence-corrected chi connectivity index (χ2v) is 4.74. The molecule has 18 heavy (non-hydrogen) atoms. The first-order chi connectivity index (χ1) is 8.86. The Hall–Kier alpha value is -0.940. The van der Waals surface area contributed by atoms with Gasteiger partial charge in [0, 0.05) is 13.5 Å². The van der Waals surface area contributed by atoms with Gasteiger partial charge in [0.05, 0.1) is 25.4 Å². The lowest BCUT2D eigenvalue weighted by atomic mass is 10.1. The van der Waals surface area contributed by atoms with Gasteiger partial charge in [-0.2, -0.15) is 0 Å². The fraction of sp³-hybridized carbons (Fsp3) is 0.571. The van der Waals surface area contributed by atoms with Gasteiger partial charge in [-0.1, -0.05) is 30.3 Å². The zero-order valence-electron chi connectivity index (χ0n) is 10.5. The Kier molecular flexibility index (Phi) is 3.61. The Balaban J connectivity index is 1.43. The van der Waals surface area contributed by atoms with Crippen molar-refractivity contribution in [3.05, 3.63) is 35.9 Å². The summed E-state index contributed by atoms with van der Waals surface area (Å²) in [5.41, 5.74) is 1.18. The van der Waals surface area contributed by atoms with Crippen LogP contribution < -0.4 is 0 Å². The van der Waals surface area contributed by atoms with E-state index in [-0.39, 0.29) is 18.5 Å². The van der Waals surface area contributed by atoms with Crippen molar-refractivity contribution >= 4 is 0 Å². The summed E-state index contributed by atoms with van der Waals surface area (Å²) in [5.74, 6) is 0. The largest absolute Gasteiger partial charge is 0.374 e. The van der Waals surface area contributed by atoms with Crippen molar-refractivity contribution in [1.82, 2.24) is 0 Å². The SMILES string of the molecule is CO[C@@H]1O[C@H](COCc2ccccc2)C[C@H]2O[C@@H]12. The van der Waals surface area contributed by atoms with Crippen molar-refractivity contribution < 1.29 is 18.9 Å². The van der Waals surface area contributed by atoms with Gasteiger partial charge < -0.3 is 18.9 Å². The molecule has 98 valence electrons. The van der Waals surface area contributed by atoms with E-state index < -0.39 is 0 Å². The van der Waals surface area contributed by atoms with Crippen molar-refractivity contribution in [2.45, 2.75) is 37.6 Å². The van der Waals surface area contributed by atoms with Crippen LogP contribution >= 0.6 is 0 Å². The van der Waals surface area contributed by atoms with E-state index in [0.717, 1.165) is 6.42 Å². The molecule has 2 fully saturated rings. The summed E-state index contributed by atoms with van der Waals surface area (Å²) >= 11 is 0. The lowest BCUT2D eigenvalue weighted by Crippen LogP contribution is -2.37. The van der Waals surface area contributed by atoms with Crippen LogP contribution in [0.1, 0.15) is 12.0 Å². The van der Waals surface area contributed by atoms with Crippen LogP contribution in [0.3, 0.4) is 0 Å². The monoisotopic (exact) mass is 250 g/mol. The summed E-state index contributed by atoms with van der Waals surface area (Å²) in [5, 5.41) is 0. The average molecular weight is 250 g/mol. The molecule has 2 aliphatic heterocycles. The number of methoxy groups -OCH3 is 1. The third-order valence-corrected chi connectivity index (χ3v) is 3.36. The molecule has 2 heterocycles. The van der Waals surface area contributed by atoms with Crippen molar-refractivity contribution in [3.63, 3.8) is 0 Å². The van der Waals surface area contributed by atoms with Gasteiger partial charge >= 0.3 is 0 Å². The highest BCUT2D eigenvalue weighted by Gasteiger charge is 2.51. The lowest BCUT2D eigenvalue weighted by molar-refractivity contribution is -0.186. The molecule has 2 aliphatic rings. The van der Waals surface area contributed by atoms with Gasteiger partial charge in [-0.25, -0.2) is 0 Å². The van der Waals surface area contributed by atoms with Gasteiger partial charge in [0.15, 0.2) is 6.29 Å². The molecule has 0 amide bonds. The van der Waals surface area contributed by atoms with E-state index in [0.29, 0.717) is 19.3 Å². The molecule has 1 aromatic carbocycles.